The van der Waals surface area contributed by atoms with Crippen molar-refractivity contribution in [3.63, 3.8) is 0 Å². The molecule has 0 amide bonds. The van der Waals surface area contributed by atoms with Crippen molar-refractivity contribution in [2.24, 2.45) is 0 Å². The van der Waals surface area contributed by atoms with Crippen LogP contribution < -0.4 is 5.32 Å². The molecule has 0 aliphatic carbocycles. The van der Waals surface area contributed by atoms with Gasteiger partial charge in [0.1, 0.15) is 11.6 Å². The van der Waals surface area contributed by atoms with Gasteiger partial charge in [0.15, 0.2) is 0 Å². The molecule has 1 aliphatic heterocycles. The number of aryl methyl sites for hydroxylation is 1. The second-order valence-electron chi connectivity index (χ2n) is 4.34. The lowest BCUT2D eigenvalue weighted by molar-refractivity contribution is 0.109. The fourth-order valence-electron chi connectivity index (χ4n) is 2.08. The molecule has 0 atom stereocenters. The Hall–Kier alpha value is -1.20. The van der Waals surface area contributed by atoms with Crippen LogP contribution in [-0.2, 0) is 28.9 Å². The first kappa shape index (κ1) is 13.2. The van der Waals surface area contributed by atoms with E-state index in [-0.39, 0.29) is 0 Å². The number of nitrogens with one attached hydrogen (secondary N) is 1. The molecule has 0 unspecified atom stereocenters. The highest BCUT2D eigenvalue weighted by molar-refractivity contribution is 5.47. The van der Waals surface area contributed by atoms with Crippen LogP contribution in [0.15, 0.2) is 0 Å². The van der Waals surface area contributed by atoms with Gasteiger partial charge < -0.3 is 14.8 Å². The predicted octanol–water partition coefficient (Wildman–Crippen LogP) is 1.56. The predicted molar refractivity (Wildman–Crippen MR) is 69.8 cm³/mol. The van der Waals surface area contributed by atoms with Crippen LogP contribution in [0.25, 0.3) is 0 Å². The molecule has 0 radical (unpaired) electrons. The molecule has 5 heteroatoms. The molecular formula is C13H21N3O2. The van der Waals surface area contributed by atoms with Crippen molar-refractivity contribution in [3.05, 3.63) is 17.1 Å². The Morgan fingerprint density at radius 2 is 2.28 bits per heavy atom. The third-order valence-electron chi connectivity index (χ3n) is 2.96. The Labute approximate surface area is 108 Å². The van der Waals surface area contributed by atoms with Gasteiger partial charge in [0, 0.05) is 38.7 Å². The lowest BCUT2D eigenvalue weighted by Crippen LogP contribution is -2.18. The number of hydrogen-bond donors (Lipinski definition) is 1. The van der Waals surface area contributed by atoms with Crippen LogP contribution in [0.4, 0.5) is 5.82 Å². The molecule has 1 aliphatic rings. The summed E-state index contributed by atoms with van der Waals surface area (Å²) in [4.78, 5) is 9.23. The SMILES string of the molecule is CCNc1nc(CCCOC)nc2c1COCC2. The first-order valence-electron chi connectivity index (χ1n) is 6.54. The van der Waals surface area contributed by atoms with E-state index in [0.717, 1.165) is 61.9 Å². The molecule has 0 fully saturated rings. The number of methoxy groups -OCH3 is 1. The van der Waals surface area contributed by atoms with Crippen molar-refractivity contribution in [2.45, 2.75) is 32.8 Å². The van der Waals surface area contributed by atoms with Crippen molar-refractivity contribution >= 4 is 5.82 Å². The normalized spacial score (nSPS) is 14.3. The number of fused-ring (bicyclic) bond motifs is 1. The molecule has 0 bridgehead atoms. The van der Waals surface area contributed by atoms with Crippen LogP contribution in [-0.4, -0.2) is 36.8 Å². The highest BCUT2D eigenvalue weighted by Crippen LogP contribution is 2.22. The molecule has 1 aromatic heterocycles. The quantitative estimate of drug-likeness (QED) is 0.778. The minimum absolute atomic E-state index is 0.621. The zero-order valence-electron chi connectivity index (χ0n) is 11.2. The number of anilines is 1. The average molecular weight is 251 g/mol. The van der Waals surface area contributed by atoms with Gasteiger partial charge in [0.05, 0.1) is 18.9 Å². The average Bonchev–Trinajstić information content (AvgIpc) is 2.39. The van der Waals surface area contributed by atoms with Crippen LogP contribution in [0.3, 0.4) is 0 Å². The fourth-order valence-corrected chi connectivity index (χ4v) is 2.08. The largest absolute Gasteiger partial charge is 0.385 e. The molecule has 1 aromatic rings. The van der Waals surface area contributed by atoms with Crippen LogP contribution in [0, 0.1) is 0 Å². The molecule has 5 nitrogen and oxygen atoms in total. The van der Waals surface area contributed by atoms with Crippen molar-refractivity contribution in [1.82, 2.24) is 9.97 Å². The summed E-state index contributed by atoms with van der Waals surface area (Å²) in [5.41, 5.74) is 2.26. The third-order valence-corrected chi connectivity index (χ3v) is 2.96. The second-order valence-corrected chi connectivity index (χ2v) is 4.34. The highest BCUT2D eigenvalue weighted by Gasteiger charge is 2.17. The standard InChI is InChI=1S/C13H21N3O2/c1-3-14-13-10-9-18-8-6-11(10)15-12(16-13)5-4-7-17-2/h3-9H2,1-2H3,(H,14,15,16). The summed E-state index contributed by atoms with van der Waals surface area (Å²) >= 11 is 0. The summed E-state index contributed by atoms with van der Waals surface area (Å²) in [6.45, 7) is 5.06. The molecule has 0 spiro atoms. The summed E-state index contributed by atoms with van der Waals surface area (Å²) in [6.07, 6.45) is 2.70. The van der Waals surface area contributed by atoms with E-state index in [1.807, 2.05) is 0 Å². The summed E-state index contributed by atoms with van der Waals surface area (Å²) in [5, 5.41) is 3.30. The smallest absolute Gasteiger partial charge is 0.135 e. The minimum Gasteiger partial charge on any atom is -0.385 e. The maximum Gasteiger partial charge on any atom is 0.135 e. The first-order chi connectivity index (χ1) is 8.85. The van der Waals surface area contributed by atoms with E-state index in [0.29, 0.717) is 6.61 Å². The Kier molecular flexibility index (Phi) is 4.90. The Morgan fingerprint density at radius 1 is 1.39 bits per heavy atom. The highest BCUT2D eigenvalue weighted by atomic mass is 16.5. The van der Waals surface area contributed by atoms with Gasteiger partial charge in [0.25, 0.3) is 0 Å². The van der Waals surface area contributed by atoms with E-state index < -0.39 is 0 Å². The summed E-state index contributed by atoms with van der Waals surface area (Å²) in [5.74, 6) is 1.85. The minimum atomic E-state index is 0.621. The zero-order valence-corrected chi connectivity index (χ0v) is 11.2. The summed E-state index contributed by atoms with van der Waals surface area (Å²) in [7, 11) is 1.72. The number of aromatic nitrogens is 2. The van der Waals surface area contributed by atoms with E-state index >= 15 is 0 Å². The van der Waals surface area contributed by atoms with E-state index in [9.17, 15) is 0 Å². The van der Waals surface area contributed by atoms with Crippen LogP contribution in [0.2, 0.25) is 0 Å². The molecule has 0 aromatic carbocycles. The van der Waals surface area contributed by atoms with Crippen LogP contribution >= 0.6 is 0 Å². The molecule has 1 N–H and O–H groups in total. The van der Waals surface area contributed by atoms with Gasteiger partial charge in [-0.1, -0.05) is 0 Å². The van der Waals surface area contributed by atoms with E-state index in [1.54, 1.807) is 7.11 Å². The molecular weight excluding hydrogens is 230 g/mol. The van der Waals surface area contributed by atoms with Gasteiger partial charge in [0.2, 0.25) is 0 Å². The maximum absolute atomic E-state index is 5.48. The molecule has 0 saturated carbocycles. The Bertz CT molecular complexity index is 396. The van der Waals surface area contributed by atoms with Gasteiger partial charge >= 0.3 is 0 Å². The summed E-state index contributed by atoms with van der Waals surface area (Å²) < 4.78 is 10.5. The van der Waals surface area contributed by atoms with Gasteiger partial charge in [-0.05, 0) is 13.3 Å². The van der Waals surface area contributed by atoms with Crippen molar-refractivity contribution < 1.29 is 9.47 Å². The maximum atomic E-state index is 5.48. The molecule has 0 saturated heterocycles. The lowest BCUT2D eigenvalue weighted by Gasteiger charge is -2.19. The van der Waals surface area contributed by atoms with Gasteiger partial charge in [-0.25, -0.2) is 9.97 Å². The monoisotopic (exact) mass is 251 g/mol. The van der Waals surface area contributed by atoms with Gasteiger partial charge in [-0.3, -0.25) is 0 Å². The first-order valence-corrected chi connectivity index (χ1v) is 6.54. The fraction of sp³-hybridized carbons (Fsp3) is 0.692. The molecule has 2 rings (SSSR count). The number of ether oxygens (including phenoxy) is 2. The van der Waals surface area contributed by atoms with Crippen molar-refractivity contribution in [2.75, 3.05) is 32.2 Å². The Morgan fingerprint density at radius 3 is 3.06 bits per heavy atom. The lowest BCUT2D eigenvalue weighted by atomic mass is 10.1. The zero-order chi connectivity index (χ0) is 12.8. The third kappa shape index (κ3) is 3.17. The molecule has 2 heterocycles. The van der Waals surface area contributed by atoms with Crippen molar-refractivity contribution in [3.8, 4) is 0 Å². The number of nitrogens with zero attached hydrogens (tertiary/aromatic N) is 2. The number of rotatable bonds is 6. The van der Waals surface area contributed by atoms with Gasteiger partial charge in [-0.15, -0.1) is 0 Å². The van der Waals surface area contributed by atoms with Crippen LogP contribution in [0.5, 0.6) is 0 Å². The molecule has 100 valence electrons. The van der Waals surface area contributed by atoms with E-state index in [1.165, 1.54) is 0 Å². The summed E-state index contributed by atoms with van der Waals surface area (Å²) in [6, 6.07) is 0. The molecule has 18 heavy (non-hydrogen) atoms. The van der Waals surface area contributed by atoms with E-state index in [4.69, 9.17) is 9.47 Å². The van der Waals surface area contributed by atoms with Crippen molar-refractivity contribution in [1.29, 1.82) is 0 Å². The number of hydrogen-bond acceptors (Lipinski definition) is 5. The van der Waals surface area contributed by atoms with E-state index in [2.05, 4.69) is 22.2 Å². The van der Waals surface area contributed by atoms with Crippen LogP contribution in [0.1, 0.15) is 30.4 Å². The topological polar surface area (TPSA) is 56.3 Å². The van der Waals surface area contributed by atoms with Gasteiger partial charge in [-0.2, -0.15) is 0 Å². The second kappa shape index (κ2) is 6.66. The Balaban J connectivity index is 2.18.